The second-order valence-electron chi connectivity index (χ2n) is 3.89. The molecule has 0 atom stereocenters. The molecule has 0 saturated heterocycles. The number of carboxylic acid groups (broad SMARTS) is 1. The van der Waals surface area contributed by atoms with Gasteiger partial charge in [-0.2, -0.15) is 0 Å². The number of amides is 1. The monoisotopic (exact) mass is 279 g/mol. The highest BCUT2D eigenvalue weighted by atomic mass is 16.5. The fraction of sp³-hybridized carbons (Fsp3) is 0.286. The minimum Gasteiger partial charge on any atom is -0.478 e. The van der Waals surface area contributed by atoms with Crippen molar-refractivity contribution < 1.29 is 24.2 Å². The van der Waals surface area contributed by atoms with Crippen molar-refractivity contribution in [1.29, 1.82) is 0 Å². The number of nitrogens with one attached hydrogen (secondary N) is 1. The van der Waals surface area contributed by atoms with Crippen LogP contribution >= 0.6 is 0 Å². The molecule has 0 aliphatic rings. The Labute approximate surface area is 117 Å². The molecule has 0 heterocycles. The summed E-state index contributed by atoms with van der Waals surface area (Å²) in [6.07, 6.45) is 2.53. The van der Waals surface area contributed by atoms with E-state index in [9.17, 15) is 9.59 Å². The number of carbonyl (C=O) groups excluding carboxylic acids is 1. The van der Waals surface area contributed by atoms with E-state index in [1.807, 2.05) is 0 Å². The smallest absolute Gasteiger partial charge is 0.328 e. The summed E-state index contributed by atoms with van der Waals surface area (Å²) in [7, 11) is 1.56. The first kappa shape index (κ1) is 15.9. The first-order chi connectivity index (χ1) is 9.61. The van der Waals surface area contributed by atoms with E-state index in [-0.39, 0.29) is 12.5 Å². The maximum Gasteiger partial charge on any atom is 0.328 e. The highest BCUT2D eigenvalue weighted by Gasteiger charge is 2.02. The zero-order chi connectivity index (χ0) is 14.8. The molecule has 20 heavy (non-hydrogen) atoms. The highest BCUT2D eigenvalue weighted by Crippen LogP contribution is 2.10. The standard InChI is InChI=1S/C14H17NO5/c1-19-8-9-20-10-13(16)15-12-5-2-11(3-6-12)4-7-14(17)18/h2-7H,8-10H2,1H3,(H,15,16)(H,17,18)/b7-4+. The van der Waals surface area contributed by atoms with Gasteiger partial charge in [0.05, 0.1) is 13.2 Å². The van der Waals surface area contributed by atoms with Crippen LogP contribution in [0.2, 0.25) is 0 Å². The largest absolute Gasteiger partial charge is 0.478 e. The second-order valence-corrected chi connectivity index (χ2v) is 3.89. The molecule has 0 aromatic heterocycles. The summed E-state index contributed by atoms with van der Waals surface area (Å²) >= 11 is 0. The Morgan fingerprint density at radius 2 is 1.95 bits per heavy atom. The Balaban J connectivity index is 2.41. The van der Waals surface area contributed by atoms with Gasteiger partial charge < -0.3 is 19.9 Å². The first-order valence-electron chi connectivity index (χ1n) is 5.99. The molecule has 1 amide bonds. The lowest BCUT2D eigenvalue weighted by Crippen LogP contribution is -2.19. The lowest BCUT2D eigenvalue weighted by atomic mass is 10.2. The molecule has 0 aliphatic carbocycles. The number of rotatable bonds is 8. The van der Waals surface area contributed by atoms with Gasteiger partial charge >= 0.3 is 5.97 Å². The van der Waals surface area contributed by atoms with Crippen LogP contribution in [-0.4, -0.2) is 43.9 Å². The lowest BCUT2D eigenvalue weighted by molar-refractivity contribution is -0.131. The second kappa shape index (κ2) is 8.84. The number of ether oxygens (including phenoxy) is 2. The molecule has 2 N–H and O–H groups in total. The minimum atomic E-state index is -1.00. The molecule has 1 rings (SSSR count). The molecule has 1 aromatic rings. The van der Waals surface area contributed by atoms with Crippen molar-refractivity contribution in [3.8, 4) is 0 Å². The Morgan fingerprint density at radius 3 is 2.55 bits per heavy atom. The van der Waals surface area contributed by atoms with Gasteiger partial charge in [0.25, 0.3) is 0 Å². The van der Waals surface area contributed by atoms with Gasteiger partial charge in [-0.1, -0.05) is 12.1 Å². The fourth-order valence-corrected chi connectivity index (χ4v) is 1.35. The van der Waals surface area contributed by atoms with Gasteiger partial charge in [-0.15, -0.1) is 0 Å². The molecule has 0 fully saturated rings. The average Bonchev–Trinajstić information content (AvgIpc) is 2.43. The van der Waals surface area contributed by atoms with E-state index < -0.39 is 5.97 Å². The SMILES string of the molecule is COCCOCC(=O)Nc1ccc(/C=C/C(=O)O)cc1. The van der Waals surface area contributed by atoms with Crippen molar-refractivity contribution in [1.82, 2.24) is 0 Å². The Bertz CT molecular complexity index is 467. The Kier molecular flexibility index (Phi) is 7.02. The summed E-state index contributed by atoms with van der Waals surface area (Å²) in [5.41, 5.74) is 1.36. The Morgan fingerprint density at radius 1 is 1.25 bits per heavy atom. The first-order valence-corrected chi connectivity index (χ1v) is 5.99. The predicted molar refractivity (Wildman–Crippen MR) is 74.4 cm³/mol. The van der Waals surface area contributed by atoms with Gasteiger partial charge in [-0.05, 0) is 23.8 Å². The van der Waals surface area contributed by atoms with Crippen molar-refractivity contribution in [2.75, 3.05) is 32.2 Å². The fourth-order valence-electron chi connectivity index (χ4n) is 1.35. The van der Waals surface area contributed by atoms with Crippen LogP contribution in [0.3, 0.4) is 0 Å². The zero-order valence-corrected chi connectivity index (χ0v) is 11.2. The molecular formula is C14H17NO5. The van der Waals surface area contributed by atoms with E-state index in [4.69, 9.17) is 14.6 Å². The highest BCUT2D eigenvalue weighted by molar-refractivity contribution is 5.92. The van der Waals surface area contributed by atoms with Crippen molar-refractivity contribution in [2.24, 2.45) is 0 Å². The van der Waals surface area contributed by atoms with Gasteiger partial charge in [0.15, 0.2) is 0 Å². The molecule has 0 radical (unpaired) electrons. The number of benzene rings is 1. The maximum atomic E-state index is 11.5. The summed E-state index contributed by atoms with van der Waals surface area (Å²) in [6.45, 7) is 0.769. The molecule has 0 unspecified atom stereocenters. The molecular weight excluding hydrogens is 262 g/mol. The quantitative estimate of drug-likeness (QED) is 0.555. The Hall–Kier alpha value is -2.18. The number of anilines is 1. The van der Waals surface area contributed by atoms with Crippen molar-refractivity contribution >= 4 is 23.6 Å². The topological polar surface area (TPSA) is 84.9 Å². The molecule has 108 valence electrons. The number of methoxy groups -OCH3 is 1. The molecule has 1 aromatic carbocycles. The third kappa shape index (κ3) is 6.67. The lowest BCUT2D eigenvalue weighted by Gasteiger charge is -2.06. The summed E-state index contributed by atoms with van der Waals surface area (Å²) in [4.78, 5) is 21.9. The van der Waals surface area contributed by atoms with Crippen molar-refractivity contribution in [2.45, 2.75) is 0 Å². The molecule has 6 heteroatoms. The van der Waals surface area contributed by atoms with Crippen LogP contribution in [0.25, 0.3) is 6.08 Å². The van der Waals surface area contributed by atoms with Crippen LogP contribution in [-0.2, 0) is 19.1 Å². The van der Waals surface area contributed by atoms with Crippen LogP contribution < -0.4 is 5.32 Å². The molecule has 0 aliphatic heterocycles. The van der Waals surface area contributed by atoms with Gasteiger partial charge in [0.2, 0.25) is 5.91 Å². The van der Waals surface area contributed by atoms with Crippen LogP contribution in [0.15, 0.2) is 30.3 Å². The van der Waals surface area contributed by atoms with Gasteiger partial charge in [-0.3, -0.25) is 4.79 Å². The molecule has 6 nitrogen and oxygen atoms in total. The summed E-state index contributed by atoms with van der Waals surface area (Å²) in [6, 6.07) is 6.80. The number of hydrogen-bond donors (Lipinski definition) is 2. The van der Waals surface area contributed by atoms with E-state index >= 15 is 0 Å². The van der Waals surface area contributed by atoms with Crippen LogP contribution in [0.5, 0.6) is 0 Å². The van der Waals surface area contributed by atoms with E-state index in [1.165, 1.54) is 6.08 Å². The number of aliphatic carboxylic acids is 1. The predicted octanol–water partition coefficient (Wildman–Crippen LogP) is 1.39. The molecule has 0 spiro atoms. The van der Waals surface area contributed by atoms with Crippen LogP contribution in [0.1, 0.15) is 5.56 Å². The average molecular weight is 279 g/mol. The molecule has 0 bridgehead atoms. The normalized spacial score (nSPS) is 10.7. The van der Waals surface area contributed by atoms with E-state index in [2.05, 4.69) is 5.32 Å². The van der Waals surface area contributed by atoms with Gasteiger partial charge in [0.1, 0.15) is 6.61 Å². The number of carboxylic acids is 1. The van der Waals surface area contributed by atoms with E-state index in [1.54, 1.807) is 31.4 Å². The number of carbonyl (C=O) groups is 2. The minimum absolute atomic E-state index is 0.0377. The number of hydrogen-bond acceptors (Lipinski definition) is 4. The van der Waals surface area contributed by atoms with Gasteiger partial charge in [0, 0.05) is 18.9 Å². The van der Waals surface area contributed by atoms with Crippen molar-refractivity contribution in [3.05, 3.63) is 35.9 Å². The third-order valence-electron chi connectivity index (χ3n) is 2.28. The third-order valence-corrected chi connectivity index (χ3v) is 2.28. The zero-order valence-electron chi connectivity index (χ0n) is 11.2. The van der Waals surface area contributed by atoms with E-state index in [0.29, 0.717) is 18.9 Å². The van der Waals surface area contributed by atoms with E-state index in [0.717, 1.165) is 11.6 Å². The van der Waals surface area contributed by atoms with Crippen molar-refractivity contribution in [3.63, 3.8) is 0 Å². The van der Waals surface area contributed by atoms with Crippen LogP contribution in [0, 0.1) is 0 Å². The van der Waals surface area contributed by atoms with Gasteiger partial charge in [-0.25, -0.2) is 4.79 Å². The summed E-state index contributed by atoms with van der Waals surface area (Å²) in [5, 5.41) is 11.2. The molecule has 0 saturated carbocycles. The van der Waals surface area contributed by atoms with Crippen LogP contribution in [0.4, 0.5) is 5.69 Å². The maximum absolute atomic E-state index is 11.5. The summed E-state index contributed by atoms with van der Waals surface area (Å²) in [5.74, 6) is -1.26. The summed E-state index contributed by atoms with van der Waals surface area (Å²) < 4.78 is 9.87.